The molecule has 1 aromatic rings. The van der Waals surface area contributed by atoms with Gasteiger partial charge in [-0.05, 0) is 6.07 Å². The Hall–Kier alpha value is -2.01. The van der Waals surface area contributed by atoms with Crippen molar-refractivity contribution in [1.29, 1.82) is 5.26 Å². The minimum atomic E-state index is -4.90. The molecule has 0 aliphatic rings. The second-order valence-corrected chi connectivity index (χ2v) is 3.01. The SMILES string of the molecule is N#CCc1nc(OC(F)(F)F)c(CN)cc1O. The van der Waals surface area contributed by atoms with Crippen LogP contribution in [0.5, 0.6) is 11.6 Å². The number of aromatic hydroxyl groups is 1. The van der Waals surface area contributed by atoms with Gasteiger partial charge in [0.2, 0.25) is 5.88 Å². The number of rotatable bonds is 3. The van der Waals surface area contributed by atoms with Gasteiger partial charge in [0.05, 0.1) is 12.5 Å². The van der Waals surface area contributed by atoms with Gasteiger partial charge in [0, 0.05) is 12.1 Å². The summed E-state index contributed by atoms with van der Waals surface area (Å²) in [5.41, 5.74) is 4.91. The Bertz CT molecular complexity index is 454. The Morgan fingerprint density at radius 2 is 2.18 bits per heavy atom. The quantitative estimate of drug-likeness (QED) is 0.837. The van der Waals surface area contributed by atoms with Crippen molar-refractivity contribution in [3.63, 3.8) is 0 Å². The van der Waals surface area contributed by atoms with Crippen LogP contribution in [0.25, 0.3) is 0 Å². The normalized spacial score (nSPS) is 11.0. The zero-order valence-corrected chi connectivity index (χ0v) is 8.45. The molecule has 0 radical (unpaired) electrons. The number of halogens is 3. The molecule has 5 nitrogen and oxygen atoms in total. The number of nitriles is 1. The molecule has 0 aliphatic heterocycles. The van der Waals surface area contributed by atoms with E-state index in [2.05, 4.69) is 9.72 Å². The van der Waals surface area contributed by atoms with Crippen molar-refractivity contribution in [3.05, 3.63) is 17.3 Å². The molecule has 0 saturated heterocycles. The van der Waals surface area contributed by atoms with Crippen LogP contribution >= 0.6 is 0 Å². The third kappa shape index (κ3) is 3.49. The average molecular weight is 247 g/mol. The molecule has 0 amide bonds. The van der Waals surface area contributed by atoms with Crippen molar-refractivity contribution < 1.29 is 23.0 Å². The van der Waals surface area contributed by atoms with Crippen molar-refractivity contribution >= 4 is 0 Å². The van der Waals surface area contributed by atoms with Crippen LogP contribution in [-0.2, 0) is 13.0 Å². The molecule has 3 N–H and O–H groups in total. The van der Waals surface area contributed by atoms with E-state index in [0.717, 1.165) is 6.07 Å². The summed E-state index contributed by atoms with van der Waals surface area (Å²) in [6, 6.07) is 2.66. The Morgan fingerprint density at radius 3 is 2.65 bits per heavy atom. The highest BCUT2D eigenvalue weighted by atomic mass is 19.4. The lowest BCUT2D eigenvalue weighted by Crippen LogP contribution is -2.20. The highest BCUT2D eigenvalue weighted by molar-refractivity contribution is 5.39. The Kier molecular flexibility index (Phi) is 3.75. The average Bonchev–Trinajstić information content (AvgIpc) is 2.20. The van der Waals surface area contributed by atoms with Crippen molar-refractivity contribution in [1.82, 2.24) is 4.98 Å². The van der Waals surface area contributed by atoms with E-state index in [4.69, 9.17) is 11.0 Å². The van der Waals surface area contributed by atoms with Crippen LogP contribution in [0, 0.1) is 11.3 Å². The lowest BCUT2D eigenvalue weighted by molar-refractivity contribution is -0.276. The summed E-state index contributed by atoms with van der Waals surface area (Å²) in [5.74, 6) is -1.13. The first-order valence-corrected chi connectivity index (χ1v) is 4.42. The molecule has 92 valence electrons. The van der Waals surface area contributed by atoms with E-state index in [0.29, 0.717) is 0 Å². The number of aromatic nitrogens is 1. The second kappa shape index (κ2) is 4.88. The largest absolute Gasteiger partial charge is 0.574 e. The third-order valence-electron chi connectivity index (χ3n) is 1.80. The molecule has 0 aliphatic carbocycles. The van der Waals surface area contributed by atoms with E-state index >= 15 is 0 Å². The Balaban J connectivity index is 3.18. The summed E-state index contributed by atoms with van der Waals surface area (Å²) >= 11 is 0. The fourth-order valence-corrected chi connectivity index (χ4v) is 1.11. The van der Waals surface area contributed by atoms with Crippen LogP contribution in [0.2, 0.25) is 0 Å². The molecule has 0 spiro atoms. The van der Waals surface area contributed by atoms with Crippen LogP contribution in [-0.4, -0.2) is 16.5 Å². The summed E-state index contributed by atoms with van der Waals surface area (Å²) in [6.45, 7) is -0.279. The molecule has 0 unspecified atom stereocenters. The topological polar surface area (TPSA) is 92.2 Å². The molecule has 1 heterocycles. The lowest BCUT2D eigenvalue weighted by atomic mass is 10.2. The number of hydrogen-bond acceptors (Lipinski definition) is 5. The van der Waals surface area contributed by atoms with E-state index in [9.17, 15) is 18.3 Å². The second-order valence-electron chi connectivity index (χ2n) is 3.01. The number of nitrogens with zero attached hydrogens (tertiary/aromatic N) is 2. The third-order valence-corrected chi connectivity index (χ3v) is 1.80. The molecule has 0 aromatic carbocycles. The maximum atomic E-state index is 12.0. The lowest BCUT2D eigenvalue weighted by Gasteiger charge is -2.12. The molecule has 1 rings (SSSR count). The zero-order chi connectivity index (χ0) is 13.1. The van der Waals surface area contributed by atoms with E-state index in [1.807, 2.05) is 0 Å². The summed E-state index contributed by atoms with van der Waals surface area (Å²) < 4.78 is 39.8. The highest BCUT2D eigenvalue weighted by Crippen LogP contribution is 2.28. The predicted molar refractivity (Wildman–Crippen MR) is 49.8 cm³/mol. The summed E-state index contributed by atoms with van der Waals surface area (Å²) in [6.07, 6.45) is -5.23. The van der Waals surface area contributed by atoms with E-state index < -0.39 is 12.2 Å². The monoisotopic (exact) mass is 247 g/mol. The summed E-state index contributed by atoms with van der Waals surface area (Å²) in [5, 5.41) is 17.8. The molecule has 17 heavy (non-hydrogen) atoms. The van der Waals surface area contributed by atoms with Crippen molar-refractivity contribution in [3.8, 4) is 17.7 Å². The van der Waals surface area contributed by atoms with Gasteiger partial charge in [-0.2, -0.15) is 5.26 Å². The first kappa shape index (κ1) is 13.1. The van der Waals surface area contributed by atoms with Gasteiger partial charge in [0.15, 0.2) is 0 Å². The zero-order valence-electron chi connectivity index (χ0n) is 8.45. The number of nitrogens with two attached hydrogens (primary N) is 1. The van der Waals surface area contributed by atoms with Gasteiger partial charge in [0.25, 0.3) is 0 Å². The molecule has 0 bridgehead atoms. The van der Waals surface area contributed by atoms with Gasteiger partial charge in [0.1, 0.15) is 11.4 Å². The number of alkyl halides is 3. The highest BCUT2D eigenvalue weighted by Gasteiger charge is 2.33. The van der Waals surface area contributed by atoms with E-state index in [-0.39, 0.29) is 30.0 Å². The van der Waals surface area contributed by atoms with Gasteiger partial charge in [-0.15, -0.1) is 13.2 Å². The van der Waals surface area contributed by atoms with Crippen LogP contribution in [0.1, 0.15) is 11.3 Å². The maximum absolute atomic E-state index is 12.0. The van der Waals surface area contributed by atoms with Gasteiger partial charge in [-0.1, -0.05) is 0 Å². The standard InChI is InChI=1S/C9H8F3N3O2/c10-9(11,12)17-8-5(4-14)3-7(16)6(15-8)1-2-13/h3,16H,1,4,14H2. The first-order valence-electron chi connectivity index (χ1n) is 4.42. The van der Waals surface area contributed by atoms with Crippen LogP contribution in [0.3, 0.4) is 0 Å². The predicted octanol–water partition coefficient (Wildman–Crippen LogP) is 1.21. The van der Waals surface area contributed by atoms with Gasteiger partial charge in [-0.25, -0.2) is 4.98 Å². The smallest absolute Gasteiger partial charge is 0.506 e. The minimum absolute atomic E-state index is 0.0958. The van der Waals surface area contributed by atoms with Gasteiger partial charge in [-0.3, -0.25) is 0 Å². The van der Waals surface area contributed by atoms with Gasteiger partial charge >= 0.3 is 6.36 Å². The van der Waals surface area contributed by atoms with E-state index in [1.165, 1.54) is 0 Å². The molecule has 0 atom stereocenters. The molecular formula is C9H8F3N3O2. The van der Waals surface area contributed by atoms with Gasteiger partial charge < -0.3 is 15.6 Å². The van der Waals surface area contributed by atoms with Crippen LogP contribution in [0.4, 0.5) is 13.2 Å². The fraction of sp³-hybridized carbons (Fsp3) is 0.333. The fourth-order valence-electron chi connectivity index (χ4n) is 1.11. The summed E-state index contributed by atoms with van der Waals surface area (Å²) in [7, 11) is 0. The van der Waals surface area contributed by atoms with E-state index in [1.54, 1.807) is 6.07 Å². The molecular weight excluding hydrogens is 239 g/mol. The Morgan fingerprint density at radius 1 is 1.53 bits per heavy atom. The number of ether oxygens (including phenoxy) is 1. The Labute approximate surface area is 94.2 Å². The van der Waals surface area contributed by atoms with Crippen molar-refractivity contribution in [2.24, 2.45) is 5.73 Å². The maximum Gasteiger partial charge on any atom is 0.574 e. The van der Waals surface area contributed by atoms with Crippen LogP contribution < -0.4 is 10.5 Å². The minimum Gasteiger partial charge on any atom is -0.506 e. The summed E-state index contributed by atoms with van der Waals surface area (Å²) in [4.78, 5) is 3.42. The number of pyridine rings is 1. The molecule has 0 fully saturated rings. The van der Waals surface area contributed by atoms with Crippen molar-refractivity contribution in [2.75, 3.05) is 0 Å². The van der Waals surface area contributed by atoms with Crippen LogP contribution in [0.15, 0.2) is 6.07 Å². The molecule has 1 aromatic heterocycles. The number of hydrogen-bond donors (Lipinski definition) is 2. The van der Waals surface area contributed by atoms with Crippen molar-refractivity contribution in [2.45, 2.75) is 19.3 Å². The first-order chi connectivity index (χ1) is 7.87. The molecule has 8 heteroatoms. The molecule has 0 saturated carbocycles.